The van der Waals surface area contributed by atoms with Gasteiger partial charge in [0.15, 0.2) is 0 Å². The summed E-state index contributed by atoms with van der Waals surface area (Å²) in [5, 5.41) is 0. The van der Waals surface area contributed by atoms with Crippen molar-refractivity contribution in [1.82, 2.24) is 0 Å². The Morgan fingerprint density at radius 3 is 2.91 bits per heavy atom. The first-order valence-corrected chi connectivity index (χ1v) is 8.03. The summed E-state index contributed by atoms with van der Waals surface area (Å²) in [7, 11) is 4.19. The maximum atomic E-state index is 11.9. The van der Waals surface area contributed by atoms with Gasteiger partial charge in [0.05, 0.1) is 32.7 Å². The number of cyclic esters (lactones) is 1. The van der Waals surface area contributed by atoms with Gasteiger partial charge in [-0.15, -0.1) is 0 Å². The molecule has 0 aromatic rings. The predicted octanol–water partition coefficient (Wildman–Crippen LogP) is -1.04. The second kappa shape index (κ2) is 5.60. The topological polar surface area (TPSA) is 35.5 Å². The molecular weight excluding hydrogens is 393 g/mol. The molecule has 1 unspecified atom stereocenters. The average molecular weight is 417 g/mol. The highest BCUT2D eigenvalue weighted by molar-refractivity contribution is 5.76. The molecule has 0 saturated carbocycles. The second-order valence-corrected chi connectivity index (χ2v) is 7.15. The van der Waals surface area contributed by atoms with E-state index in [0.29, 0.717) is 13.0 Å². The van der Waals surface area contributed by atoms with Gasteiger partial charge in [0.1, 0.15) is 12.1 Å². The zero-order valence-electron chi connectivity index (χ0n) is 13.4. The first-order chi connectivity index (χ1) is 10.1. The van der Waals surface area contributed by atoms with Crippen LogP contribution < -0.4 is 24.0 Å². The second-order valence-electron chi connectivity index (χ2n) is 7.15. The summed E-state index contributed by atoms with van der Waals surface area (Å²) < 4.78 is 12.1. The summed E-state index contributed by atoms with van der Waals surface area (Å²) in [5.41, 5.74) is 4.33. The molecule has 1 aliphatic carbocycles. The van der Waals surface area contributed by atoms with Gasteiger partial charge >= 0.3 is 5.97 Å². The van der Waals surface area contributed by atoms with Gasteiger partial charge in [0.2, 0.25) is 0 Å². The number of likely N-dealkylation sites (N-methyl/N-ethyl adjacent to an activating group) is 1. The van der Waals surface area contributed by atoms with Crippen LogP contribution in [0.1, 0.15) is 32.1 Å². The van der Waals surface area contributed by atoms with Crippen LogP contribution in [0.3, 0.4) is 0 Å². The number of methoxy groups -OCH3 is 1. The van der Waals surface area contributed by atoms with Crippen LogP contribution in [0.15, 0.2) is 22.8 Å². The molecule has 4 aliphatic rings. The minimum Gasteiger partial charge on any atom is -1.00 e. The Labute approximate surface area is 149 Å². The van der Waals surface area contributed by atoms with E-state index in [4.69, 9.17) is 9.47 Å². The van der Waals surface area contributed by atoms with Crippen LogP contribution in [0.4, 0.5) is 0 Å². The fourth-order valence-electron chi connectivity index (χ4n) is 5.16. The van der Waals surface area contributed by atoms with Gasteiger partial charge in [-0.1, -0.05) is 6.08 Å². The van der Waals surface area contributed by atoms with Crippen LogP contribution in [-0.2, 0) is 14.3 Å². The molecule has 0 aromatic carbocycles. The highest BCUT2D eigenvalue weighted by Crippen LogP contribution is 2.55. The lowest BCUT2D eigenvalue weighted by molar-refractivity contribution is -0.940. The standard InChI is InChI=1S/C17H24NO3.HI/c1-18-7-5-12-11-21-16(19)9-15(12)17(18)10-14(20-2)4-3-13(17)6-8-18;/h3,14H,4-11H2,1-2H3;1H/q+1;/p-1/t14-,17-,18?;/m0./s1. The lowest BCUT2D eigenvalue weighted by Gasteiger charge is -2.54. The van der Waals surface area contributed by atoms with Crippen LogP contribution in [0.5, 0.6) is 0 Å². The average Bonchev–Trinajstić information content (AvgIpc) is 2.81. The van der Waals surface area contributed by atoms with Crippen molar-refractivity contribution in [1.29, 1.82) is 0 Å². The van der Waals surface area contributed by atoms with Gasteiger partial charge in [0.25, 0.3) is 0 Å². The molecule has 0 bridgehead atoms. The highest BCUT2D eigenvalue weighted by Gasteiger charge is 2.62. The number of carbonyl (C=O) groups excluding carboxylic acids is 1. The number of quaternary nitrogens is 1. The molecule has 5 heteroatoms. The van der Waals surface area contributed by atoms with Crippen LogP contribution in [0.25, 0.3) is 0 Å². The van der Waals surface area contributed by atoms with Gasteiger partial charge in [-0.2, -0.15) is 0 Å². The Morgan fingerprint density at radius 2 is 2.14 bits per heavy atom. The largest absolute Gasteiger partial charge is 1.00 e. The Hall–Kier alpha value is -0.400. The summed E-state index contributed by atoms with van der Waals surface area (Å²) in [5.74, 6) is -0.0534. The molecule has 0 radical (unpaired) electrons. The van der Waals surface area contributed by atoms with E-state index in [1.54, 1.807) is 5.57 Å². The van der Waals surface area contributed by atoms with Crippen molar-refractivity contribution in [2.24, 2.45) is 0 Å². The molecule has 3 atom stereocenters. The van der Waals surface area contributed by atoms with Gasteiger partial charge in [-0.05, 0) is 17.6 Å². The normalized spacial score (nSPS) is 40.0. The molecule has 0 N–H and O–H groups in total. The van der Waals surface area contributed by atoms with E-state index in [1.165, 1.54) is 24.1 Å². The quantitative estimate of drug-likeness (QED) is 0.237. The Morgan fingerprint density at radius 1 is 1.36 bits per heavy atom. The lowest BCUT2D eigenvalue weighted by Crippen LogP contribution is -3.00. The molecule has 3 aliphatic heterocycles. The van der Waals surface area contributed by atoms with Gasteiger partial charge in [-0.3, -0.25) is 4.79 Å². The van der Waals surface area contributed by atoms with Crippen molar-refractivity contribution in [3.05, 3.63) is 22.8 Å². The molecule has 0 aromatic heterocycles. The maximum Gasteiger partial charge on any atom is 0.310 e. The maximum absolute atomic E-state index is 11.9. The van der Waals surface area contributed by atoms with Crippen LogP contribution in [0, 0.1) is 0 Å². The van der Waals surface area contributed by atoms with Crippen LogP contribution in [-0.4, -0.2) is 55.9 Å². The Balaban J connectivity index is 0.00000144. The van der Waals surface area contributed by atoms with Crippen molar-refractivity contribution in [2.45, 2.75) is 43.7 Å². The van der Waals surface area contributed by atoms with E-state index in [-0.39, 0.29) is 41.6 Å². The van der Waals surface area contributed by atoms with Gasteiger partial charge < -0.3 is 37.9 Å². The molecule has 22 heavy (non-hydrogen) atoms. The van der Waals surface area contributed by atoms with E-state index in [9.17, 15) is 4.79 Å². The minimum absolute atomic E-state index is 0. The van der Waals surface area contributed by atoms with Crippen LogP contribution >= 0.6 is 0 Å². The molecule has 3 heterocycles. The fourth-order valence-corrected chi connectivity index (χ4v) is 5.16. The number of hydrogen-bond acceptors (Lipinski definition) is 3. The van der Waals surface area contributed by atoms with Crippen molar-refractivity contribution < 1.29 is 42.7 Å². The molecular formula is C17H24INO3. The summed E-state index contributed by atoms with van der Waals surface area (Å²) in [6.45, 7) is 2.86. The molecule has 1 saturated heterocycles. The van der Waals surface area contributed by atoms with Crippen molar-refractivity contribution in [3.8, 4) is 0 Å². The zero-order valence-corrected chi connectivity index (χ0v) is 15.5. The smallest absolute Gasteiger partial charge is 0.310 e. The summed E-state index contributed by atoms with van der Waals surface area (Å²) in [4.78, 5) is 11.9. The molecule has 0 amide bonds. The Kier molecular flexibility index (Phi) is 4.19. The summed E-state index contributed by atoms with van der Waals surface area (Å²) >= 11 is 0. The van der Waals surface area contributed by atoms with E-state index >= 15 is 0 Å². The number of hydrogen-bond donors (Lipinski definition) is 0. The highest BCUT2D eigenvalue weighted by atomic mass is 127. The Bertz CT molecular complexity index is 570. The third-order valence-electron chi connectivity index (χ3n) is 6.37. The SMILES string of the molecule is CO[C@H]1CC=C2CC[N+]3(C)CCC4=C(CC(=O)OC4)[C@]23C1.[I-]. The predicted molar refractivity (Wildman–Crippen MR) is 78.6 cm³/mol. The van der Waals surface area contributed by atoms with Crippen molar-refractivity contribution in [2.75, 3.05) is 33.9 Å². The number of ether oxygens (including phenoxy) is 2. The van der Waals surface area contributed by atoms with E-state index in [1.807, 2.05) is 7.11 Å². The molecule has 4 nitrogen and oxygen atoms in total. The number of nitrogens with zero attached hydrogens (tertiary/aromatic N) is 1. The summed E-state index contributed by atoms with van der Waals surface area (Å²) in [6.07, 6.45) is 7.44. The number of rotatable bonds is 1. The van der Waals surface area contributed by atoms with Crippen molar-refractivity contribution >= 4 is 5.97 Å². The number of carbonyl (C=O) groups is 1. The first-order valence-electron chi connectivity index (χ1n) is 8.03. The number of halogens is 1. The monoisotopic (exact) mass is 417 g/mol. The molecule has 4 rings (SSSR count). The van der Waals surface area contributed by atoms with E-state index in [0.717, 1.165) is 30.3 Å². The molecule has 1 fully saturated rings. The third-order valence-corrected chi connectivity index (χ3v) is 6.37. The summed E-state index contributed by atoms with van der Waals surface area (Å²) in [6, 6.07) is 0. The minimum atomic E-state index is -0.0534. The fraction of sp³-hybridized carbons (Fsp3) is 0.706. The van der Waals surface area contributed by atoms with E-state index in [2.05, 4.69) is 13.1 Å². The van der Waals surface area contributed by atoms with Crippen molar-refractivity contribution in [3.63, 3.8) is 0 Å². The molecule has 122 valence electrons. The number of esters is 1. The third kappa shape index (κ3) is 2.04. The molecule has 1 spiro atoms. The van der Waals surface area contributed by atoms with Crippen LogP contribution in [0.2, 0.25) is 0 Å². The zero-order chi connectivity index (χ0) is 14.7. The first kappa shape index (κ1) is 16.5. The van der Waals surface area contributed by atoms with Gasteiger partial charge in [-0.25, -0.2) is 0 Å². The van der Waals surface area contributed by atoms with E-state index < -0.39 is 0 Å². The lowest BCUT2D eigenvalue weighted by atomic mass is 9.68. The van der Waals surface area contributed by atoms with Gasteiger partial charge in [0, 0.05) is 31.9 Å².